The van der Waals surface area contributed by atoms with E-state index in [0.29, 0.717) is 23.4 Å². The lowest BCUT2D eigenvalue weighted by Crippen LogP contribution is -2.25. The van der Waals surface area contributed by atoms with Gasteiger partial charge in [-0.15, -0.1) is 0 Å². The molecule has 0 aliphatic carbocycles. The first-order valence-corrected chi connectivity index (χ1v) is 10.1. The third kappa shape index (κ3) is 5.96. The molecule has 0 radical (unpaired) electrons. The lowest BCUT2D eigenvalue weighted by molar-refractivity contribution is 0.0954. The van der Waals surface area contributed by atoms with Gasteiger partial charge in [0.1, 0.15) is 0 Å². The maximum Gasteiger partial charge on any atom is 0.257 e. The van der Waals surface area contributed by atoms with Crippen LogP contribution in [0.3, 0.4) is 0 Å². The minimum absolute atomic E-state index is 0.155. The molecule has 3 rings (SSSR count). The van der Waals surface area contributed by atoms with Crippen LogP contribution in [0, 0.1) is 0 Å². The smallest absolute Gasteiger partial charge is 0.257 e. The van der Waals surface area contributed by atoms with E-state index in [1.54, 1.807) is 54.4 Å². The molecule has 3 aromatic rings. The second-order valence-electron chi connectivity index (χ2n) is 6.07. The van der Waals surface area contributed by atoms with Crippen LogP contribution in [0.5, 0.6) is 0 Å². The molecular formula is C22H21N3O2S. The van der Waals surface area contributed by atoms with Crippen molar-refractivity contribution in [2.75, 3.05) is 17.6 Å². The van der Waals surface area contributed by atoms with E-state index in [1.807, 2.05) is 18.2 Å². The average Bonchev–Trinajstić information content (AvgIpc) is 2.75. The van der Waals surface area contributed by atoms with Gasteiger partial charge in [0.15, 0.2) is 0 Å². The zero-order chi connectivity index (χ0) is 19.6. The van der Waals surface area contributed by atoms with Crippen molar-refractivity contribution in [1.29, 1.82) is 0 Å². The number of carbonyl (C=O) groups excluding carboxylic acids is 2. The number of thioether (sulfide) groups is 1. The first kappa shape index (κ1) is 19.6. The number of anilines is 1. The molecule has 2 aromatic carbocycles. The normalized spacial score (nSPS) is 10.3. The fraction of sp³-hybridized carbons (Fsp3) is 0.136. The van der Waals surface area contributed by atoms with E-state index in [-0.39, 0.29) is 11.8 Å². The predicted octanol–water partition coefficient (Wildman–Crippen LogP) is 4.00. The number of nitrogens with one attached hydrogen (secondary N) is 2. The highest BCUT2D eigenvalue weighted by molar-refractivity contribution is 7.98. The molecule has 142 valence electrons. The van der Waals surface area contributed by atoms with E-state index in [1.165, 1.54) is 11.8 Å². The fourth-order valence-corrected chi connectivity index (χ4v) is 3.36. The molecule has 5 nitrogen and oxygen atoms in total. The molecule has 1 aromatic heterocycles. The molecule has 0 fully saturated rings. The Morgan fingerprint density at radius 1 is 0.893 bits per heavy atom. The zero-order valence-electron chi connectivity index (χ0n) is 15.3. The zero-order valence-corrected chi connectivity index (χ0v) is 16.1. The quantitative estimate of drug-likeness (QED) is 0.570. The third-order valence-electron chi connectivity index (χ3n) is 3.95. The summed E-state index contributed by atoms with van der Waals surface area (Å²) in [5.74, 6) is 1.34. The van der Waals surface area contributed by atoms with Crippen molar-refractivity contribution in [2.45, 2.75) is 5.75 Å². The molecule has 0 spiro atoms. The highest BCUT2D eigenvalue weighted by atomic mass is 32.2. The maximum atomic E-state index is 12.3. The Morgan fingerprint density at radius 3 is 2.50 bits per heavy atom. The standard InChI is InChI=1S/C22H21N3O2S/c26-21(24-12-13-28-16-17-6-2-1-3-7-17)18-8-4-10-20(14-18)25-22(27)19-9-5-11-23-15-19/h1-11,14-15H,12-13,16H2,(H,24,26)(H,25,27). The number of nitrogens with zero attached hydrogens (tertiary/aromatic N) is 1. The Bertz CT molecular complexity index is 917. The lowest BCUT2D eigenvalue weighted by atomic mass is 10.1. The van der Waals surface area contributed by atoms with Gasteiger partial charge in [0.2, 0.25) is 0 Å². The van der Waals surface area contributed by atoms with Crippen LogP contribution in [0.4, 0.5) is 5.69 Å². The van der Waals surface area contributed by atoms with Crippen LogP contribution >= 0.6 is 11.8 Å². The van der Waals surface area contributed by atoms with Crippen molar-refractivity contribution in [1.82, 2.24) is 10.3 Å². The summed E-state index contributed by atoms with van der Waals surface area (Å²) in [5.41, 5.74) is 2.82. The van der Waals surface area contributed by atoms with E-state index >= 15 is 0 Å². The summed E-state index contributed by atoms with van der Waals surface area (Å²) in [6.07, 6.45) is 3.11. The van der Waals surface area contributed by atoms with Crippen LogP contribution in [0.1, 0.15) is 26.3 Å². The number of hydrogen-bond donors (Lipinski definition) is 2. The Morgan fingerprint density at radius 2 is 1.71 bits per heavy atom. The van der Waals surface area contributed by atoms with Gasteiger partial charge in [-0.25, -0.2) is 0 Å². The van der Waals surface area contributed by atoms with Crippen LogP contribution in [0.15, 0.2) is 79.1 Å². The molecule has 0 saturated carbocycles. The number of pyridine rings is 1. The summed E-state index contributed by atoms with van der Waals surface area (Å²) in [6.45, 7) is 0.586. The van der Waals surface area contributed by atoms with Crippen molar-refractivity contribution in [2.24, 2.45) is 0 Å². The van der Waals surface area contributed by atoms with Crippen LogP contribution in [0.2, 0.25) is 0 Å². The van der Waals surface area contributed by atoms with E-state index in [4.69, 9.17) is 0 Å². The molecule has 2 N–H and O–H groups in total. The molecular weight excluding hydrogens is 370 g/mol. The van der Waals surface area contributed by atoms with Gasteiger partial charge < -0.3 is 10.6 Å². The first-order valence-electron chi connectivity index (χ1n) is 8.94. The van der Waals surface area contributed by atoms with Crippen LogP contribution in [-0.2, 0) is 5.75 Å². The van der Waals surface area contributed by atoms with Crippen molar-refractivity contribution >= 4 is 29.3 Å². The van der Waals surface area contributed by atoms with Gasteiger partial charge in [0.05, 0.1) is 5.56 Å². The maximum absolute atomic E-state index is 12.3. The molecule has 0 atom stereocenters. The molecule has 0 aliphatic rings. The predicted molar refractivity (Wildman–Crippen MR) is 114 cm³/mol. The SMILES string of the molecule is O=C(NCCSCc1ccccc1)c1cccc(NC(=O)c2cccnc2)c1. The topological polar surface area (TPSA) is 71.1 Å². The molecule has 0 aliphatic heterocycles. The molecule has 2 amide bonds. The summed E-state index contributed by atoms with van der Waals surface area (Å²) >= 11 is 1.78. The molecule has 1 heterocycles. The van der Waals surface area contributed by atoms with Crippen LogP contribution in [-0.4, -0.2) is 29.1 Å². The van der Waals surface area contributed by atoms with Crippen molar-refractivity contribution in [3.63, 3.8) is 0 Å². The Balaban J connectivity index is 1.46. The highest BCUT2D eigenvalue weighted by Gasteiger charge is 2.09. The van der Waals surface area contributed by atoms with E-state index in [0.717, 1.165) is 11.5 Å². The monoisotopic (exact) mass is 391 g/mol. The number of carbonyl (C=O) groups is 2. The number of hydrogen-bond acceptors (Lipinski definition) is 4. The molecule has 0 unspecified atom stereocenters. The average molecular weight is 391 g/mol. The minimum Gasteiger partial charge on any atom is -0.351 e. The van der Waals surface area contributed by atoms with Gasteiger partial charge in [-0.3, -0.25) is 14.6 Å². The fourth-order valence-electron chi connectivity index (χ4n) is 2.54. The van der Waals surface area contributed by atoms with Crippen LogP contribution < -0.4 is 10.6 Å². The Hall–Kier alpha value is -3.12. The van der Waals surface area contributed by atoms with E-state index in [2.05, 4.69) is 27.8 Å². The molecule has 6 heteroatoms. The minimum atomic E-state index is -0.261. The van der Waals surface area contributed by atoms with Gasteiger partial charge in [-0.05, 0) is 35.9 Å². The number of rotatable bonds is 8. The number of benzene rings is 2. The summed E-state index contributed by atoms with van der Waals surface area (Å²) in [5, 5.41) is 5.70. The molecule has 0 saturated heterocycles. The van der Waals surface area contributed by atoms with Crippen molar-refractivity contribution in [3.8, 4) is 0 Å². The Kier molecular flexibility index (Phi) is 7.21. The summed E-state index contributed by atoms with van der Waals surface area (Å²) in [4.78, 5) is 28.5. The van der Waals surface area contributed by atoms with Crippen molar-refractivity contribution < 1.29 is 9.59 Å². The Labute approximate surface area is 168 Å². The van der Waals surface area contributed by atoms with Gasteiger partial charge >= 0.3 is 0 Å². The highest BCUT2D eigenvalue weighted by Crippen LogP contribution is 2.13. The van der Waals surface area contributed by atoms with E-state index < -0.39 is 0 Å². The number of aromatic nitrogens is 1. The largest absolute Gasteiger partial charge is 0.351 e. The van der Waals surface area contributed by atoms with Crippen molar-refractivity contribution in [3.05, 3.63) is 95.8 Å². The van der Waals surface area contributed by atoms with Gasteiger partial charge in [-0.1, -0.05) is 36.4 Å². The number of amides is 2. The van der Waals surface area contributed by atoms with E-state index in [9.17, 15) is 9.59 Å². The summed E-state index contributed by atoms with van der Waals surface area (Å²) < 4.78 is 0. The van der Waals surface area contributed by atoms with Gasteiger partial charge in [-0.2, -0.15) is 11.8 Å². The van der Waals surface area contributed by atoms with Crippen LogP contribution in [0.25, 0.3) is 0 Å². The summed E-state index contributed by atoms with van der Waals surface area (Å²) in [7, 11) is 0. The molecule has 28 heavy (non-hydrogen) atoms. The summed E-state index contributed by atoms with van der Waals surface area (Å²) in [6, 6.07) is 20.5. The second kappa shape index (κ2) is 10.3. The van der Waals surface area contributed by atoms with Gasteiger partial charge in [0, 0.05) is 41.7 Å². The molecule has 0 bridgehead atoms. The first-order chi connectivity index (χ1) is 13.7. The third-order valence-corrected chi connectivity index (χ3v) is 4.98. The lowest BCUT2D eigenvalue weighted by Gasteiger charge is -2.08. The second-order valence-corrected chi connectivity index (χ2v) is 7.18. The van der Waals surface area contributed by atoms with Gasteiger partial charge in [0.25, 0.3) is 11.8 Å².